The second-order valence-electron chi connectivity index (χ2n) is 13.8. The molecule has 14 heteroatoms. The molecule has 2 amide bonds. The summed E-state index contributed by atoms with van der Waals surface area (Å²) in [5, 5.41) is 46.3. The van der Waals surface area contributed by atoms with E-state index in [-0.39, 0.29) is 38.2 Å². The molecule has 0 radical (unpaired) electrons. The van der Waals surface area contributed by atoms with Crippen LogP contribution in [-0.2, 0) is 16.1 Å². The average Bonchev–Trinajstić information content (AvgIpc) is 3.27. The minimum atomic E-state index is 0.0253. The number of hydrogen-bond donors (Lipinski definition) is 7. The Morgan fingerprint density at radius 1 is 0.623 bits per heavy atom. The van der Waals surface area contributed by atoms with E-state index in [9.17, 15) is 30.0 Å². The van der Waals surface area contributed by atoms with Gasteiger partial charge in [-0.3, -0.25) is 9.59 Å². The molecule has 2 aromatic carbocycles. The average molecular weight is 874 g/mol. The van der Waals surface area contributed by atoms with Crippen LogP contribution in [0.5, 0.6) is 0 Å². The third kappa shape index (κ3) is 22.0. The molecule has 0 aliphatic rings. The second kappa shape index (κ2) is 32.0. The Morgan fingerprint density at radius 3 is 1.59 bits per heavy atom. The molecule has 0 aliphatic carbocycles. The van der Waals surface area contributed by atoms with Crippen LogP contribution < -0.4 is 30.3 Å². The number of aliphatic hydroxyl groups excluding tert-OH is 4. The van der Waals surface area contributed by atoms with Gasteiger partial charge < -0.3 is 46.2 Å². The molecule has 330 valence electrons. The number of benzene rings is 2. The van der Waals surface area contributed by atoms with Crippen LogP contribution in [0.3, 0.4) is 0 Å². The lowest BCUT2D eigenvalue weighted by molar-refractivity contribution is -0.697. The Labute approximate surface area is 370 Å². The molecule has 61 heavy (non-hydrogen) atoms. The fourth-order valence-corrected chi connectivity index (χ4v) is 7.82. The molecular weight excluding hydrogens is 809 g/mol. The zero-order valence-corrected chi connectivity index (χ0v) is 36.9. The van der Waals surface area contributed by atoms with Crippen molar-refractivity contribution in [1.82, 2.24) is 16.0 Å². The predicted molar refractivity (Wildman–Crippen MR) is 255 cm³/mol. The van der Waals surface area contributed by atoms with Crippen molar-refractivity contribution in [2.75, 3.05) is 93.5 Å². The maximum absolute atomic E-state index is 12.3. The molecule has 1 heterocycles. The Kier molecular flexibility index (Phi) is 26.5. The zero-order chi connectivity index (χ0) is 43.8. The molecule has 1 aromatic heterocycles. The maximum atomic E-state index is 12.3. The summed E-state index contributed by atoms with van der Waals surface area (Å²) in [6.45, 7) is 8.47. The van der Waals surface area contributed by atoms with Crippen molar-refractivity contribution in [1.29, 1.82) is 0 Å². The van der Waals surface area contributed by atoms with Crippen LogP contribution in [-0.4, -0.2) is 116 Å². The number of nitrogens with one attached hydrogen (secondary N) is 3. The lowest BCUT2D eigenvalue weighted by atomic mass is 10.1. The number of amides is 2. The molecule has 12 nitrogen and oxygen atoms in total. The molecule has 0 bridgehead atoms. The van der Waals surface area contributed by atoms with Crippen molar-refractivity contribution >= 4 is 63.0 Å². The van der Waals surface area contributed by atoms with E-state index in [1.54, 1.807) is 27.7 Å². The molecule has 0 fully saturated rings. The Hall–Kier alpha value is -4.83. The van der Waals surface area contributed by atoms with Crippen LogP contribution in [0.1, 0.15) is 42.4 Å². The lowest BCUT2D eigenvalue weighted by Crippen LogP contribution is -2.34. The van der Waals surface area contributed by atoms with E-state index in [1.165, 1.54) is 0 Å². The summed E-state index contributed by atoms with van der Waals surface area (Å²) in [5.74, 6) is 1.68. The number of pyridine rings is 1. The molecule has 0 unspecified atom stereocenters. The van der Waals surface area contributed by atoms with Crippen LogP contribution >= 0.6 is 21.6 Å². The van der Waals surface area contributed by atoms with Crippen molar-refractivity contribution in [2.24, 2.45) is 0 Å². The van der Waals surface area contributed by atoms with E-state index in [2.05, 4.69) is 33.2 Å². The number of nitrogens with zero attached hydrogens (tertiary/aromatic N) is 3. The van der Waals surface area contributed by atoms with Gasteiger partial charge in [-0.25, -0.2) is 4.57 Å². The normalized spacial score (nSPS) is 11.7. The molecule has 0 aliphatic heterocycles. The van der Waals surface area contributed by atoms with Crippen LogP contribution in [0.25, 0.3) is 18.2 Å². The van der Waals surface area contributed by atoms with Gasteiger partial charge >= 0.3 is 0 Å². The second-order valence-corrected chi connectivity index (χ2v) is 16.5. The first kappa shape index (κ1) is 50.5. The summed E-state index contributed by atoms with van der Waals surface area (Å²) in [5.41, 5.74) is 6.04. The SMILES string of the molecule is C=CC=C(C=CNCCCC(=O)NCCSSCCNC(=O)CCC[n+]1ccc(C=Cc2ccc(N(CCO)CCO)cc2)cc1)C=Cc1ccc(N(CCO)CCO)cc1. The van der Waals surface area contributed by atoms with Crippen molar-refractivity contribution in [2.45, 2.75) is 32.2 Å². The van der Waals surface area contributed by atoms with Gasteiger partial charge in [0.15, 0.2) is 12.4 Å². The number of aliphatic hydroxyl groups is 4. The number of carbonyl (C=O) groups excluding carboxylic acids is 2. The fraction of sp³-hybridized carbons (Fsp3) is 0.383. The number of allylic oxidation sites excluding steroid dienone is 5. The molecule has 0 saturated carbocycles. The third-order valence-corrected chi connectivity index (χ3v) is 11.6. The fourth-order valence-electron chi connectivity index (χ4n) is 6.00. The summed E-state index contributed by atoms with van der Waals surface area (Å²) in [6.07, 6.45) is 22.0. The summed E-state index contributed by atoms with van der Waals surface area (Å²) < 4.78 is 2.08. The van der Waals surface area contributed by atoms with Crippen LogP contribution in [0.2, 0.25) is 0 Å². The van der Waals surface area contributed by atoms with Gasteiger partial charge in [-0.1, -0.05) is 88.9 Å². The number of carbonyl (C=O) groups is 2. The van der Waals surface area contributed by atoms with Crippen LogP contribution in [0.4, 0.5) is 11.4 Å². The van der Waals surface area contributed by atoms with Gasteiger partial charge in [-0.15, -0.1) is 0 Å². The van der Waals surface area contributed by atoms with Crippen LogP contribution in [0.15, 0.2) is 116 Å². The molecule has 0 saturated heterocycles. The predicted octanol–water partition coefficient (Wildman–Crippen LogP) is 4.83. The standard InChI is InChI=1S/C47H64N6O6S2/c1-2-5-40(8-9-41-12-16-44(17-13-41)52(30-34-54)31-35-55)20-24-48-23-3-6-46(58)49-25-38-60-61-39-26-50-47(59)7-4-27-51-28-21-43(22-29-51)11-10-42-14-18-45(19-15-42)53(32-36-56)33-37-57/h2,5,8-22,24,28-29,48,54-57H,1,3-4,6-7,23,25-27,30-39H2,(H-,49,50,58,59)/p+1. The first-order valence-electron chi connectivity index (χ1n) is 20.9. The summed E-state index contributed by atoms with van der Waals surface area (Å²) in [7, 11) is 3.37. The van der Waals surface area contributed by atoms with Gasteiger partial charge in [0.1, 0.15) is 6.54 Å². The molecule has 7 N–H and O–H groups in total. The van der Waals surface area contributed by atoms with Crippen LogP contribution in [0, 0.1) is 0 Å². The highest BCUT2D eigenvalue weighted by Crippen LogP contribution is 2.20. The van der Waals surface area contributed by atoms with Gasteiger partial charge in [-0.2, -0.15) is 0 Å². The summed E-state index contributed by atoms with van der Waals surface area (Å²) >= 11 is 0. The number of hydrogen-bond acceptors (Lipinski definition) is 11. The van der Waals surface area contributed by atoms with E-state index in [0.29, 0.717) is 65.1 Å². The van der Waals surface area contributed by atoms with Crippen molar-refractivity contribution in [3.05, 3.63) is 132 Å². The number of aromatic nitrogens is 1. The van der Waals surface area contributed by atoms with Gasteiger partial charge in [0, 0.05) is 100 Å². The lowest BCUT2D eigenvalue weighted by Gasteiger charge is -2.22. The van der Waals surface area contributed by atoms with Gasteiger partial charge in [0.25, 0.3) is 0 Å². The number of aryl methyl sites for hydroxylation is 1. The molecule has 0 spiro atoms. The molecular formula is C47H65N6O6S2+. The quantitative estimate of drug-likeness (QED) is 0.0199. The molecule has 3 rings (SSSR count). The summed E-state index contributed by atoms with van der Waals surface area (Å²) in [4.78, 5) is 28.5. The first-order valence-corrected chi connectivity index (χ1v) is 23.4. The highest BCUT2D eigenvalue weighted by Gasteiger charge is 2.08. The molecule has 0 atom stereocenters. The van der Waals surface area contributed by atoms with E-state index in [1.807, 2.05) is 119 Å². The van der Waals surface area contributed by atoms with E-state index >= 15 is 0 Å². The van der Waals surface area contributed by atoms with Gasteiger partial charge in [0.05, 0.1) is 26.4 Å². The Balaban J connectivity index is 1.18. The maximum Gasteiger partial charge on any atom is 0.220 e. The monoisotopic (exact) mass is 873 g/mol. The minimum absolute atomic E-state index is 0.0253. The number of rotatable bonds is 32. The minimum Gasteiger partial charge on any atom is -0.395 e. The smallest absolute Gasteiger partial charge is 0.220 e. The Bertz CT molecular complexity index is 1790. The van der Waals surface area contributed by atoms with Gasteiger partial charge in [-0.05, 0) is 65.2 Å². The van der Waals surface area contributed by atoms with E-state index < -0.39 is 0 Å². The van der Waals surface area contributed by atoms with Crippen molar-refractivity contribution in [3.63, 3.8) is 0 Å². The Morgan fingerprint density at radius 2 is 1.10 bits per heavy atom. The van der Waals surface area contributed by atoms with Gasteiger partial charge in [0.2, 0.25) is 11.8 Å². The summed E-state index contributed by atoms with van der Waals surface area (Å²) in [6, 6.07) is 20.1. The first-order chi connectivity index (χ1) is 29.9. The highest BCUT2D eigenvalue weighted by molar-refractivity contribution is 8.76. The highest BCUT2D eigenvalue weighted by atomic mass is 33.1. The molecule has 3 aromatic rings. The zero-order valence-electron chi connectivity index (χ0n) is 35.2. The van der Waals surface area contributed by atoms with E-state index in [0.717, 1.165) is 58.1 Å². The largest absolute Gasteiger partial charge is 0.395 e. The third-order valence-electron chi connectivity index (χ3n) is 9.20. The van der Waals surface area contributed by atoms with E-state index in [4.69, 9.17) is 0 Å². The van der Waals surface area contributed by atoms with Crippen molar-refractivity contribution in [3.8, 4) is 0 Å². The number of anilines is 2. The van der Waals surface area contributed by atoms with Crippen molar-refractivity contribution < 1.29 is 34.6 Å². The topological polar surface area (TPSA) is 162 Å².